The fourth-order valence-electron chi connectivity index (χ4n) is 3.28. The molecule has 0 aromatic heterocycles. The lowest BCUT2D eigenvalue weighted by molar-refractivity contribution is -0.116. The van der Waals surface area contributed by atoms with Gasteiger partial charge in [-0.15, -0.1) is 0 Å². The van der Waals surface area contributed by atoms with Crippen molar-refractivity contribution in [2.24, 2.45) is 0 Å². The van der Waals surface area contributed by atoms with E-state index < -0.39 is 0 Å². The van der Waals surface area contributed by atoms with E-state index >= 15 is 0 Å². The number of nitrogens with one attached hydrogen (secondary N) is 2. The molecule has 31 heavy (non-hydrogen) atoms. The molecule has 0 spiro atoms. The van der Waals surface area contributed by atoms with Gasteiger partial charge in [0.2, 0.25) is 12.7 Å². The fourth-order valence-corrected chi connectivity index (χ4v) is 3.51. The third-order valence-electron chi connectivity index (χ3n) is 4.92. The molecule has 0 saturated heterocycles. The second-order valence-electron chi connectivity index (χ2n) is 7.06. The topological polar surface area (TPSA) is 76.7 Å². The zero-order chi connectivity index (χ0) is 21.6. The van der Waals surface area contributed by atoms with Crippen molar-refractivity contribution in [2.75, 3.05) is 12.1 Å². The molecule has 0 radical (unpaired) electrons. The molecule has 0 saturated carbocycles. The van der Waals surface area contributed by atoms with Crippen LogP contribution in [0.5, 0.6) is 11.5 Å². The van der Waals surface area contributed by atoms with Crippen LogP contribution >= 0.6 is 11.6 Å². The summed E-state index contributed by atoms with van der Waals surface area (Å²) in [4.78, 5) is 25.2. The highest BCUT2D eigenvalue weighted by molar-refractivity contribution is 6.31. The van der Waals surface area contributed by atoms with Crippen LogP contribution in [-0.4, -0.2) is 18.6 Å². The van der Waals surface area contributed by atoms with E-state index in [0.717, 1.165) is 11.1 Å². The molecular weight excluding hydrogens is 416 g/mol. The first-order valence-corrected chi connectivity index (χ1v) is 10.3. The van der Waals surface area contributed by atoms with Crippen LogP contribution in [0.25, 0.3) is 0 Å². The van der Waals surface area contributed by atoms with Crippen LogP contribution < -0.4 is 20.1 Å². The maximum Gasteiger partial charge on any atom is 0.253 e. The number of carbonyl (C=O) groups is 2. The molecule has 1 heterocycles. The Balaban J connectivity index is 1.36. The third-order valence-corrected chi connectivity index (χ3v) is 5.28. The van der Waals surface area contributed by atoms with Crippen LogP contribution in [0, 0.1) is 0 Å². The van der Waals surface area contributed by atoms with Crippen molar-refractivity contribution in [2.45, 2.75) is 19.4 Å². The number of rotatable bonds is 7. The molecule has 0 aliphatic carbocycles. The molecule has 7 heteroatoms. The van der Waals surface area contributed by atoms with E-state index in [-0.39, 0.29) is 25.0 Å². The second kappa shape index (κ2) is 9.53. The van der Waals surface area contributed by atoms with Crippen molar-refractivity contribution in [3.8, 4) is 11.5 Å². The highest BCUT2D eigenvalue weighted by Crippen LogP contribution is 2.32. The molecule has 1 aliphatic heterocycles. The molecule has 158 valence electrons. The van der Waals surface area contributed by atoms with Gasteiger partial charge in [-0.05, 0) is 47.9 Å². The van der Waals surface area contributed by atoms with Crippen LogP contribution in [0.15, 0.2) is 66.7 Å². The van der Waals surface area contributed by atoms with Crippen molar-refractivity contribution in [3.63, 3.8) is 0 Å². The molecule has 0 fully saturated rings. The first-order valence-electron chi connectivity index (χ1n) is 9.89. The largest absolute Gasteiger partial charge is 0.454 e. The highest BCUT2D eigenvalue weighted by Gasteiger charge is 2.16. The zero-order valence-corrected chi connectivity index (χ0v) is 17.4. The molecule has 0 bridgehead atoms. The van der Waals surface area contributed by atoms with Gasteiger partial charge in [-0.25, -0.2) is 0 Å². The number of ether oxygens (including phenoxy) is 2. The lowest BCUT2D eigenvalue weighted by Gasteiger charge is -2.12. The molecule has 6 nitrogen and oxygen atoms in total. The minimum absolute atomic E-state index is 0.184. The summed E-state index contributed by atoms with van der Waals surface area (Å²) >= 11 is 6.15. The van der Waals surface area contributed by atoms with Crippen molar-refractivity contribution in [1.82, 2.24) is 5.32 Å². The predicted octanol–water partition coefficient (Wildman–Crippen LogP) is 4.57. The standard InChI is InChI=1S/C24H21ClN2O4/c25-19-7-3-1-5-17(19)10-12-23(28)27-20-8-4-2-6-18(20)24(29)26-14-16-9-11-21-22(13-16)31-15-30-21/h1-9,11,13H,10,12,14-15H2,(H,26,29)(H,27,28). The number of anilines is 1. The van der Waals surface area contributed by atoms with Crippen LogP contribution in [-0.2, 0) is 17.8 Å². The van der Waals surface area contributed by atoms with Crippen LogP contribution in [0.4, 0.5) is 5.69 Å². The smallest absolute Gasteiger partial charge is 0.253 e. The Kier molecular flexibility index (Phi) is 6.38. The molecule has 3 aromatic carbocycles. The number of hydrogen-bond acceptors (Lipinski definition) is 4. The quantitative estimate of drug-likeness (QED) is 0.568. The molecule has 0 atom stereocenters. The summed E-state index contributed by atoms with van der Waals surface area (Å²) in [7, 11) is 0. The minimum atomic E-state index is -0.278. The van der Waals surface area contributed by atoms with Gasteiger partial charge in [0, 0.05) is 18.0 Å². The summed E-state index contributed by atoms with van der Waals surface area (Å²) in [6.07, 6.45) is 0.779. The summed E-state index contributed by atoms with van der Waals surface area (Å²) in [6, 6.07) is 19.9. The molecular formula is C24H21ClN2O4. The van der Waals surface area contributed by atoms with Gasteiger partial charge in [0.05, 0.1) is 11.3 Å². The normalized spacial score (nSPS) is 11.8. The highest BCUT2D eigenvalue weighted by atomic mass is 35.5. The maximum atomic E-state index is 12.7. The summed E-state index contributed by atoms with van der Waals surface area (Å²) in [5, 5.41) is 6.35. The number of carbonyl (C=O) groups excluding carboxylic acids is 2. The maximum absolute atomic E-state index is 12.7. The van der Waals surface area contributed by atoms with Gasteiger partial charge < -0.3 is 20.1 Å². The van der Waals surface area contributed by atoms with Crippen molar-refractivity contribution >= 4 is 29.1 Å². The molecule has 2 amide bonds. The molecule has 4 rings (SSSR count). The van der Waals surface area contributed by atoms with E-state index in [2.05, 4.69) is 10.6 Å². The fraction of sp³-hybridized carbons (Fsp3) is 0.167. The van der Waals surface area contributed by atoms with Gasteiger partial charge in [-0.3, -0.25) is 9.59 Å². The Morgan fingerprint density at radius 3 is 2.58 bits per heavy atom. The monoisotopic (exact) mass is 436 g/mol. The van der Waals surface area contributed by atoms with Crippen molar-refractivity contribution in [3.05, 3.63) is 88.4 Å². The first-order chi connectivity index (χ1) is 15.1. The number of halogens is 1. The summed E-state index contributed by atoms with van der Waals surface area (Å²) in [5.74, 6) is 0.897. The molecule has 0 unspecified atom stereocenters. The Hall–Kier alpha value is -3.51. The van der Waals surface area contributed by atoms with Crippen LogP contribution in [0.3, 0.4) is 0 Å². The van der Waals surface area contributed by atoms with E-state index in [4.69, 9.17) is 21.1 Å². The lowest BCUT2D eigenvalue weighted by Crippen LogP contribution is -2.25. The average Bonchev–Trinajstić information content (AvgIpc) is 3.25. The van der Waals surface area contributed by atoms with Gasteiger partial charge in [0.25, 0.3) is 5.91 Å². The lowest BCUT2D eigenvalue weighted by atomic mass is 10.1. The number of amides is 2. The number of aryl methyl sites for hydroxylation is 1. The van der Waals surface area contributed by atoms with Gasteiger partial charge in [0.1, 0.15) is 0 Å². The van der Waals surface area contributed by atoms with Crippen molar-refractivity contribution in [1.29, 1.82) is 0 Å². The van der Waals surface area contributed by atoms with E-state index in [1.807, 2.05) is 36.4 Å². The van der Waals surface area contributed by atoms with E-state index in [1.165, 1.54) is 0 Å². The van der Waals surface area contributed by atoms with Crippen LogP contribution in [0.2, 0.25) is 5.02 Å². The zero-order valence-electron chi connectivity index (χ0n) is 16.7. The van der Waals surface area contributed by atoms with E-state index in [1.54, 1.807) is 30.3 Å². The molecule has 1 aliphatic rings. The van der Waals surface area contributed by atoms with Crippen LogP contribution in [0.1, 0.15) is 27.9 Å². The number of fused-ring (bicyclic) bond motifs is 1. The minimum Gasteiger partial charge on any atom is -0.454 e. The number of para-hydroxylation sites is 1. The van der Waals surface area contributed by atoms with Gasteiger partial charge in [-0.1, -0.05) is 48.0 Å². The summed E-state index contributed by atoms with van der Waals surface area (Å²) < 4.78 is 10.7. The molecule has 2 N–H and O–H groups in total. The third kappa shape index (κ3) is 5.16. The predicted molar refractivity (Wildman–Crippen MR) is 119 cm³/mol. The Labute approximate surface area is 185 Å². The summed E-state index contributed by atoms with van der Waals surface area (Å²) in [6.45, 7) is 0.527. The average molecular weight is 437 g/mol. The van der Waals surface area contributed by atoms with Gasteiger partial charge in [-0.2, -0.15) is 0 Å². The number of benzene rings is 3. The Bertz CT molecular complexity index is 1120. The molecule has 3 aromatic rings. The Morgan fingerprint density at radius 2 is 1.71 bits per heavy atom. The van der Waals surface area contributed by atoms with E-state index in [9.17, 15) is 9.59 Å². The number of hydrogen-bond donors (Lipinski definition) is 2. The first kappa shape index (κ1) is 20.8. The SMILES string of the molecule is O=C(CCc1ccccc1Cl)Nc1ccccc1C(=O)NCc1ccc2c(c1)OCO2. The Morgan fingerprint density at radius 1 is 0.935 bits per heavy atom. The van der Waals surface area contributed by atoms with E-state index in [0.29, 0.717) is 40.7 Å². The van der Waals surface area contributed by atoms with Crippen molar-refractivity contribution < 1.29 is 19.1 Å². The summed E-state index contributed by atoms with van der Waals surface area (Å²) in [5.41, 5.74) is 2.66. The second-order valence-corrected chi connectivity index (χ2v) is 7.46. The van der Waals surface area contributed by atoms with Gasteiger partial charge >= 0.3 is 0 Å². The van der Waals surface area contributed by atoms with Gasteiger partial charge in [0.15, 0.2) is 11.5 Å².